The van der Waals surface area contributed by atoms with Crippen molar-refractivity contribution in [3.8, 4) is 0 Å². The maximum Gasteiger partial charge on any atom is 0.411 e. The first kappa shape index (κ1) is 12.5. The second-order valence-electron chi connectivity index (χ2n) is 3.67. The quantitative estimate of drug-likeness (QED) is 0.743. The summed E-state index contributed by atoms with van der Waals surface area (Å²) >= 11 is 0. The molecule has 0 heterocycles. The Balaban J connectivity index is 2.23. The van der Waals surface area contributed by atoms with Gasteiger partial charge in [-0.25, -0.2) is 0 Å². The zero-order valence-corrected chi connectivity index (χ0v) is 8.39. The average molecular weight is 224 g/mol. The molecule has 15 heavy (non-hydrogen) atoms. The SMILES string of the molecule is OC(COCC(F)(F)F)C1=CCCCC1. The fraction of sp³-hybridized carbons (Fsp3) is 0.800. The van der Waals surface area contributed by atoms with E-state index in [0.717, 1.165) is 31.3 Å². The highest BCUT2D eigenvalue weighted by Gasteiger charge is 2.28. The second-order valence-corrected chi connectivity index (χ2v) is 3.67. The van der Waals surface area contributed by atoms with Gasteiger partial charge in [0.15, 0.2) is 0 Å². The highest BCUT2D eigenvalue weighted by molar-refractivity contribution is 5.10. The topological polar surface area (TPSA) is 29.5 Å². The molecule has 0 aromatic rings. The molecule has 0 spiro atoms. The van der Waals surface area contributed by atoms with Crippen LogP contribution in [0.2, 0.25) is 0 Å². The van der Waals surface area contributed by atoms with E-state index in [-0.39, 0.29) is 6.61 Å². The molecule has 0 aromatic carbocycles. The molecule has 1 rings (SSSR count). The minimum Gasteiger partial charge on any atom is -0.386 e. The van der Waals surface area contributed by atoms with E-state index in [2.05, 4.69) is 4.74 Å². The smallest absolute Gasteiger partial charge is 0.386 e. The molecule has 0 fully saturated rings. The van der Waals surface area contributed by atoms with Crippen molar-refractivity contribution in [2.45, 2.75) is 38.0 Å². The van der Waals surface area contributed by atoms with Crippen molar-refractivity contribution in [1.29, 1.82) is 0 Å². The summed E-state index contributed by atoms with van der Waals surface area (Å²) in [5.41, 5.74) is 0.809. The first-order valence-electron chi connectivity index (χ1n) is 5.00. The number of ether oxygens (including phenoxy) is 1. The van der Waals surface area contributed by atoms with E-state index in [1.807, 2.05) is 6.08 Å². The van der Waals surface area contributed by atoms with Crippen molar-refractivity contribution in [3.05, 3.63) is 11.6 Å². The normalized spacial score (nSPS) is 19.9. The number of aliphatic hydroxyl groups excluding tert-OH is 1. The summed E-state index contributed by atoms with van der Waals surface area (Å²) in [5.74, 6) is 0. The third kappa shape index (κ3) is 5.18. The molecule has 1 unspecified atom stereocenters. The number of halogens is 3. The predicted molar refractivity (Wildman–Crippen MR) is 49.4 cm³/mol. The van der Waals surface area contributed by atoms with Crippen LogP contribution in [0, 0.1) is 0 Å². The average Bonchev–Trinajstić information content (AvgIpc) is 2.17. The van der Waals surface area contributed by atoms with Crippen LogP contribution in [0.25, 0.3) is 0 Å². The molecule has 1 N–H and O–H groups in total. The van der Waals surface area contributed by atoms with Crippen LogP contribution in [0.1, 0.15) is 25.7 Å². The molecule has 0 radical (unpaired) electrons. The number of hydrogen-bond acceptors (Lipinski definition) is 2. The van der Waals surface area contributed by atoms with Gasteiger partial charge >= 0.3 is 6.18 Å². The Hall–Kier alpha value is -0.550. The third-order valence-electron chi connectivity index (χ3n) is 2.30. The highest BCUT2D eigenvalue weighted by Crippen LogP contribution is 2.21. The number of rotatable bonds is 4. The Labute approximate surface area is 86.7 Å². The molecule has 1 atom stereocenters. The lowest BCUT2D eigenvalue weighted by molar-refractivity contribution is -0.178. The molecule has 0 saturated carbocycles. The molecule has 0 bridgehead atoms. The summed E-state index contributed by atoms with van der Waals surface area (Å²) < 4.78 is 39.6. The van der Waals surface area contributed by atoms with Gasteiger partial charge in [-0.2, -0.15) is 13.2 Å². The van der Waals surface area contributed by atoms with Crippen LogP contribution in [0.15, 0.2) is 11.6 Å². The van der Waals surface area contributed by atoms with Gasteiger partial charge < -0.3 is 9.84 Å². The van der Waals surface area contributed by atoms with Crippen LogP contribution in [0.3, 0.4) is 0 Å². The van der Waals surface area contributed by atoms with Crippen LogP contribution in [0.4, 0.5) is 13.2 Å². The Morgan fingerprint density at radius 1 is 1.40 bits per heavy atom. The number of aliphatic hydroxyl groups is 1. The first-order chi connectivity index (χ1) is 6.99. The summed E-state index contributed by atoms with van der Waals surface area (Å²) in [6.07, 6.45) is 0.420. The molecule has 88 valence electrons. The predicted octanol–water partition coefficient (Wildman–Crippen LogP) is 2.43. The van der Waals surface area contributed by atoms with Crippen molar-refractivity contribution in [2.75, 3.05) is 13.2 Å². The Kier molecular flexibility index (Phi) is 4.60. The summed E-state index contributed by atoms with van der Waals surface area (Å²) in [6.45, 7) is -1.57. The fourth-order valence-corrected chi connectivity index (χ4v) is 1.56. The van der Waals surface area contributed by atoms with Gasteiger partial charge in [0.05, 0.1) is 12.7 Å². The molecule has 0 aromatic heterocycles. The van der Waals surface area contributed by atoms with Crippen LogP contribution in [-0.2, 0) is 4.74 Å². The maximum absolute atomic E-state index is 11.7. The van der Waals surface area contributed by atoms with E-state index in [1.54, 1.807) is 0 Å². The molecule has 1 aliphatic rings. The van der Waals surface area contributed by atoms with E-state index in [9.17, 15) is 18.3 Å². The van der Waals surface area contributed by atoms with E-state index in [0.29, 0.717) is 0 Å². The number of hydrogen-bond donors (Lipinski definition) is 1. The molecular formula is C10H15F3O2. The first-order valence-corrected chi connectivity index (χ1v) is 5.00. The van der Waals surface area contributed by atoms with Gasteiger partial charge in [-0.1, -0.05) is 6.08 Å². The lowest BCUT2D eigenvalue weighted by atomic mass is 9.96. The van der Waals surface area contributed by atoms with Crippen LogP contribution >= 0.6 is 0 Å². The van der Waals surface area contributed by atoms with Gasteiger partial charge in [0.1, 0.15) is 6.61 Å². The summed E-state index contributed by atoms with van der Waals surface area (Å²) in [6, 6.07) is 0. The van der Waals surface area contributed by atoms with E-state index < -0.39 is 18.9 Å². The molecule has 2 nitrogen and oxygen atoms in total. The standard InChI is InChI=1S/C10H15F3O2/c11-10(12,13)7-15-6-9(14)8-4-2-1-3-5-8/h4,9,14H,1-3,5-7H2. The van der Waals surface area contributed by atoms with Gasteiger partial charge in [0.25, 0.3) is 0 Å². The lowest BCUT2D eigenvalue weighted by Gasteiger charge is -2.18. The van der Waals surface area contributed by atoms with Gasteiger partial charge in [-0.15, -0.1) is 0 Å². The largest absolute Gasteiger partial charge is 0.411 e. The van der Waals surface area contributed by atoms with Gasteiger partial charge in [-0.3, -0.25) is 0 Å². The Morgan fingerprint density at radius 2 is 2.13 bits per heavy atom. The minimum absolute atomic E-state index is 0.272. The van der Waals surface area contributed by atoms with Crippen LogP contribution in [-0.4, -0.2) is 30.6 Å². The number of allylic oxidation sites excluding steroid dienone is 1. The van der Waals surface area contributed by atoms with E-state index >= 15 is 0 Å². The molecule has 0 saturated heterocycles. The van der Waals surface area contributed by atoms with E-state index in [1.165, 1.54) is 0 Å². The van der Waals surface area contributed by atoms with Crippen molar-refractivity contribution in [1.82, 2.24) is 0 Å². The molecule has 5 heteroatoms. The lowest BCUT2D eigenvalue weighted by Crippen LogP contribution is -2.24. The molecule has 1 aliphatic carbocycles. The summed E-state index contributed by atoms with van der Waals surface area (Å²) in [5, 5.41) is 9.51. The van der Waals surface area contributed by atoms with Crippen molar-refractivity contribution < 1.29 is 23.0 Å². The molecule has 0 amide bonds. The zero-order valence-electron chi connectivity index (χ0n) is 8.39. The van der Waals surface area contributed by atoms with Gasteiger partial charge in [0, 0.05) is 0 Å². The fourth-order valence-electron chi connectivity index (χ4n) is 1.56. The van der Waals surface area contributed by atoms with Crippen molar-refractivity contribution >= 4 is 0 Å². The Bertz CT molecular complexity index is 223. The van der Waals surface area contributed by atoms with Crippen LogP contribution < -0.4 is 0 Å². The van der Waals surface area contributed by atoms with Gasteiger partial charge in [-0.05, 0) is 31.3 Å². The number of alkyl halides is 3. The molecule has 0 aliphatic heterocycles. The van der Waals surface area contributed by atoms with Gasteiger partial charge in [0.2, 0.25) is 0 Å². The molecular weight excluding hydrogens is 209 g/mol. The third-order valence-corrected chi connectivity index (χ3v) is 2.30. The highest BCUT2D eigenvalue weighted by atomic mass is 19.4. The Morgan fingerprint density at radius 3 is 2.67 bits per heavy atom. The summed E-state index contributed by atoms with van der Waals surface area (Å²) in [7, 11) is 0. The monoisotopic (exact) mass is 224 g/mol. The zero-order chi connectivity index (χ0) is 11.3. The summed E-state index contributed by atoms with van der Waals surface area (Å²) in [4.78, 5) is 0. The van der Waals surface area contributed by atoms with Crippen LogP contribution in [0.5, 0.6) is 0 Å². The maximum atomic E-state index is 11.7. The van der Waals surface area contributed by atoms with Crippen molar-refractivity contribution in [3.63, 3.8) is 0 Å². The van der Waals surface area contributed by atoms with E-state index in [4.69, 9.17) is 0 Å². The van der Waals surface area contributed by atoms with Crippen molar-refractivity contribution in [2.24, 2.45) is 0 Å². The second kappa shape index (κ2) is 5.51. The minimum atomic E-state index is -4.32.